The molecule has 0 radical (unpaired) electrons. The fourth-order valence-electron chi connectivity index (χ4n) is 0.586. The van der Waals surface area contributed by atoms with Crippen molar-refractivity contribution < 1.29 is 31.1 Å². The fraction of sp³-hybridized carbons (Fsp3) is 1.00. The van der Waals surface area contributed by atoms with Crippen LogP contribution in [0.15, 0.2) is 0 Å². The predicted octanol–water partition coefficient (Wildman–Crippen LogP) is 2.23. The molecule has 0 aliphatic rings. The van der Waals surface area contributed by atoms with Gasteiger partial charge in [0.15, 0.2) is 0 Å². The zero-order valence-electron chi connectivity index (χ0n) is 9.25. The van der Waals surface area contributed by atoms with Gasteiger partial charge in [0.05, 0.1) is 19.8 Å². The van der Waals surface area contributed by atoms with Gasteiger partial charge in [0, 0.05) is 10.7 Å². The summed E-state index contributed by atoms with van der Waals surface area (Å²) in [7, 11) is -3.36. The molecule has 0 unspecified atom stereocenters. The third kappa shape index (κ3) is 16.7. The van der Waals surface area contributed by atoms with Gasteiger partial charge in [-0.15, -0.1) is 0 Å². The molecule has 0 bridgehead atoms. The van der Waals surface area contributed by atoms with Crippen LogP contribution < -0.4 is 0 Å². The fourth-order valence-corrected chi connectivity index (χ4v) is 1.76. The van der Waals surface area contributed by atoms with Crippen LogP contribution in [0, 0.1) is 0 Å². The van der Waals surface area contributed by atoms with Gasteiger partial charge in [-0.25, -0.2) is 4.57 Å². The van der Waals surface area contributed by atoms with E-state index in [1.54, 1.807) is 20.8 Å². The van der Waals surface area contributed by atoms with Gasteiger partial charge < -0.3 is 0 Å². The summed E-state index contributed by atoms with van der Waals surface area (Å²) >= 11 is 0. The van der Waals surface area contributed by atoms with E-state index in [0.29, 0.717) is 19.8 Å². The maximum Gasteiger partial charge on any atom is 0.474 e. The van der Waals surface area contributed by atoms with Crippen LogP contribution in [0.25, 0.3) is 0 Å². The van der Waals surface area contributed by atoms with Crippen molar-refractivity contribution in [1.29, 1.82) is 0 Å². The summed E-state index contributed by atoms with van der Waals surface area (Å²) in [5.41, 5.74) is 0. The molecule has 100 valence electrons. The van der Waals surface area contributed by atoms with Crippen LogP contribution in [0.3, 0.4) is 0 Å². The molecule has 1 N–H and O–H groups in total. The van der Waals surface area contributed by atoms with Crippen LogP contribution in [0.2, 0.25) is 0 Å². The Labute approximate surface area is 99.9 Å². The van der Waals surface area contributed by atoms with Gasteiger partial charge in [0.1, 0.15) is 0 Å². The Hall–Kier alpha value is 0.310. The molecule has 0 heterocycles. The first-order chi connectivity index (χ1) is 7.18. The number of rotatable bonds is 6. The van der Waals surface area contributed by atoms with Crippen LogP contribution in [0.4, 0.5) is 0 Å². The highest BCUT2D eigenvalue weighted by atomic mass is 35.7. The Bertz CT molecular complexity index is 272. The summed E-state index contributed by atoms with van der Waals surface area (Å²) in [5, 5.41) is 0. The second-order valence-corrected chi connectivity index (χ2v) is 5.78. The number of hydrogen-bond donors (Lipinski definition) is 1. The average molecular weight is 299 g/mol. The van der Waals surface area contributed by atoms with Gasteiger partial charge in [-0.1, -0.05) is 0 Å². The first-order valence-electron chi connectivity index (χ1n) is 4.39. The maximum absolute atomic E-state index is 11.3. The van der Waals surface area contributed by atoms with Crippen LogP contribution in [-0.4, -0.2) is 32.8 Å². The van der Waals surface area contributed by atoms with Gasteiger partial charge in [0.2, 0.25) is 0 Å². The van der Waals surface area contributed by atoms with E-state index in [2.05, 4.69) is 10.7 Å². The predicted molar refractivity (Wildman–Crippen MR) is 59.9 cm³/mol. The van der Waals surface area contributed by atoms with Crippen molar-refractivity contribution in [3.8, 4) is 0 Å². The summed E-state index contributed by atoms with van der Waals surface area (Å²) in [4.78, 5) is 0. The van der Waals surface area contributed by atoms with E-state index in [1.807, 2.05) is 0 Å². The van der Waals surface area contributed by atoms with Gasteiger partial charge in [0.25, 0.3) is 0 Å². The van der Waals surface area contributed by atoms with Crippen molar-refractivity contribution in [3.63, 3.8) is 0 Å². The standard InChI is InChI=1S/C6H15O4P.ClHO3S/c1-4-8-11(7,9-5-2)10-6-3;1-5(2,3)4/h4-6H2,1-3H3;(H,2,3,4). The van der Waals surface area contributed by atoms with E-state index in [1.165, 1.54) is 0 Å². The van der Waals surface area contributed by atoms with Crippen LogP contribution in [-0.2, 0) is 27.5 Å². The second-order valence-electron chi connectivity index (χ2n) is 2.11. The molecule has 0 aromatic heterocycles. The van der Waals surface area contributed by atoms with Gasteiger partial charge in [-0.05, 0) is 20.8 Å². The Morgan fingerprint density at radius 1 is 1.06 bits per heavy atom. The summed E-state index contributed by atoms with van der Waals surface area (Å²) in [5.74, 6) is 0. The number of phosphoric ester groups is 1. The average Bonchev–Trinajstić information content (AvgIpc) is 2.01. The molecular weight excluding hydrogens is 283 g/mol. The first kappa shape index (κ1) is 18.7. The minimum Gasteiger partial charge on any atom is -0.287 e. The van der Waals surface area contributed by atoms with Crippen LogP contribution in [0.1, 0.15) is 20.8 Å². The molecule has 0 aliphatic heterocycles. The SMILES string of the molecule is CCOP(=O)(OCC)OCC.O=S(=O)(O)Cl. The molecule has 0 aromatic rings. The molecule has 0 aliphatic carbocycles. The zero-order chi connectivity index (χ0) is 13.2. The Kier molecular flexibility index (Phi) is 10.9. The van der Waals surface area contributed by atoms with E-state index < -0.39 is 17.2 Å². The van der Waals surface area contributed by atoms with Crippen molar-refractivity contribution in [2.75, 3.05) is 19.8 Å². The number of phosphoric acid groups is 1. The number of hydrogen-bond acceptors (Lipinski definition) is 6. The molecule has 0 fully saturated rings. The van der Waals surface area contributed by atoms with E-state index >= 15 is 0 Å². The molecular formula is C6H16ClO7PS. The Morgan fingerprint density at radius 2 is 1.25 bits per heavy atom. The minimum absolute atomic E-state index is 0.331. The smallest absolute Gasteiger partial charge is 0.287 e. The topological polar surface area (TPSA) is 99.1 Å². The third-order valence-electron chi connectivity index (χ3n) is 0.862. The minimum atomic E-state index is -4.19. The molecule has 0 amide bonds. The highest BCUT2D eigenvalue weighted by Gasteiger charge is 2.23. The highest BCUT2D eigenvalue weighted by molar-refractivity contribution is 8.09. The Balaban J connectivity index is 0. The molecule has 0 spiro atoms. The maximum atomic E-state index is 11.3. The van der Waals surface area contributed by atoms with E-state index in [-0.39, 0.29) is 0 Å². The van der Waals surface area contributed by atoms with Gasteiger partial charge >= 0.3 is 17.2 Å². The number of halogens is 1. The Morgan fingerprint density at radius 3 is 1.38 bits per heavy atom. The normalized spacial score (nSPS) is 11.8. The van der Waals surface area contributed by atoms with Crippen LogP contribution >= 0.6 is 18.5 Å². The lowest BCUT2D eigenvalue weighted by atomic mass is 10.9. The summed E-state index contributed by atoms with van der Waals surface area (Å²) < 4.78 is 51.0. The molecule has 0 saturated carbocycles. The van der Waals surface area contributed by atoms with E-state index in [0.717, 1.165) is 0 Å². The molecule has 0 atom stereocenters. The van der Waals surface area contributed by atoms with E-state index in [9.17, 15) is 4.57 Å². The van der Waals surface area contributed by atoms with Gasteiger partial charge in [-0.3, -0.25) is 18.1 Å². The summed E-state index contributed by atoms with van der Waals surface area (Å²) in [6, 6.07) is 0. The summed E-state index contributed by atoms with van der Waals surface area (Å²) in [6.07, 6.45) is 0. The van der Waals surface area contributed by atoms with Crippen LogP contribution in [0.5, 0.6) is 0 Å². The lowest BCUT2D eigenvalue weighted by Gasteiger charge is -2.14. The monoisotopic (exact) mass is 298 g/mol. The molecule has 0 aromatic carbocycles. The first-order valence-corrected chi connectivity index (χ1v) is 8.11. The largest absolute Gasteiger partial charge is 0.474 e. The van der Waals surface area contributed by atoms with Gasteiger partial charge in [-0.2, -0.15) is 8.42 Å². The lowest BCUT2D eigenvalue weighted by Crippen LogP contribution is -1.99. The summed E-state index contributed by atoms with van der Waals surface area (Å²) in [6.45, 7) is 6.21. The highest BCUT2D eigenvalue weighted by Crippen LogP contribution is 2.48. The molecule has 10 heteroatoms. The molecule has 0 rings (SSSR count). The van der Waals surface area contributed by atoms with Crippen molar-refractivity contribution in [3.05, 3.63) is 0 Å². The van der Waals surface area contributed by atoms with Crippen molar-refractivity contribution in [2.45, 2.75) is 20.8 Å². The quantitative estimate of drug-likeness (QED) is 0.456. The molecule has 7 nitrogen and oxygen atoms in total. The van der Waals surface area contributed by atoms with E-state index in [4.69, 9.17) is 26.5 Å². The third-order valence-corrected chi connectivity index (χ3v) is 2.58. The molecule has 16 heavy (non-hydrogen) atoms. The zero-order valence-corrected chi connectivity index (χ0v) is 11.7. The van der Waals surface area contributed by atoms with Crippen molar-refractivity contribution in [1.82, 2.24) is 0 Å². The second kappa shape index (κ2) is 9.35. The van der Waals surface area contributed by atoms with Crippen molar-refractivity contribution >= 4 is 27.8 Å². The molecule has 0 saturated heterocycles. The van der Waals surface area contributed by atoms with Crippen molar-refractivity contribution in [2.24, 2.45) is 0 Å². The lowest BCUT2D eigenvalue weighted by molar-refractivity contribution is 0.126.